The molecule has 1 aliphatic heterocycles. The van der Waals surface area contributed by atoms with Crippen molar-refractivity contribution in [3.05, 3.63) is 66.2 Å². The predicted octanol–water partition coefficient (Wildman–Crippen LogP) is 3.68. The Kier molecular flexibility index (Phi) is 5.64. The van der Waals surface area contributed by atoms with Crippen LogP contribution in [0.5, 0.6) is 0 Å². The van der Waals surface area contributed by atoms with Crippen LogP contribution in [0.15, 0.2) is 54.9 Å². The molecule has 0 spiro atoms. The molecule has 6 nitrogen and oxygen atoms in total. The molecular formula is C25H27FN4O2. The Balaban J connectivity index is 1.35. The summed E-state index contributed by atoms with van der Waals surface area (Å²) in [4.78, 5) is 32.0. The van der Waals surface area contributed by atoms with Crippen molar-refractivity contribution in [3.63, 3.8) is 0 Å². The molecule has 1 saturated heterocycles. The maximum Gasteiger partial charge on any atom is 0.225 e. The summed E-state index contributed by atoms with van der Waals surface area (Å²) in [6, 6.07) is 13.8. The van der Waals surface area contributed by atoms with Crippen LogP contribution in [0.1, 0.15) is 37.3 Å². The molecule has 2 atom stereocenters. The molecule has 2 fully saturated rings. The normalized spacial score (nSPS) is 19.7. The van der Waals surface area contributed by atoms with Crippen LogP contribution in [0.3, 0.4) is 0 Å². The average Bonchev–Trinajstić information content (AvgIpc) is 3.60. The van der Waals surface area contributed by atoms with Gasteiger partial charge in [0.1, 0.15) is 5.82 Å². The number of imidazole rings is 1. The maximum absolute atomic E-state index is 13.5. The van der Waals surface area contributed by atoms with Crippen LogP contribution in [0.4, 0.5) is 4.39 Å². The summed E-state index contributed by atoms with van der Waals surface area (Å²) in [5.74, 6) is -0.236. The Labute approximate surface area is 186 Å². The summed E-state index contributed by atoms with van der Waals surface area (Å²) in [7, 11) is 0. The number of hydrogen-bond donors (Lipinski definition) is 1. The number of fused-ring (bicyclic) bond motifs is 1. The van der Waals surface area contributed by atoms with Crippen LogP contribution in [0.25, 0.3) is 11.0 Å². The summed E-state index contributed by atoms with van der Waals surface area (Å²) in [6.45, 7) is 1.70. The van der Waals surface area contributed by atoms with E-state index >= 15 is 0 Å². The lowest BCUT2D eigenvalue weighted by Crippen LogP contribution is -2.47. The second kappa shape index (κ2) is 8.73. The van der Waals surface area contributed by atoms with Crippen LogP contribution >= 0.6 is 0 Å². The largest absolute Gasteiger partial charge is 0.347 e. The summed E-state index contributed by atoms with van der Waals surface area (Å²) < 4.78 is 15.5. The molecular weight excluding hydrogens is 407 g/mol. The zero-order chi connectivity index (χ0) is 22.1. The SMILES string of the molecule is O=C(NC(Cn1cnc2ccccc21)c1ccc(F)cc1)C1CCCN(C(=O)C2CC2)C1. The predicted molar refractivity (Wildman–Crippen MR) is 119 cm³/mol. The Hall–Kier alpha value is -3.22. The van der Waals surface area contributed by atoms with Crippen molar-refractivity contribution in [2.75, 3.05) is 13.1 Å². The molecule has 7 heteroatoms. The average molecular weight is 435 g/mol. The lowest BCUT2D eigenvalue weighted by molar-refractivity contribution is -0.137. The summed E-state index contributed by atoms with van der Waals surface area (Å²) in [5.41, 5.74) is 2.70. The summed E-state index contributed by atoms with van der Waals surface area (Å²) >= 11 is 0. The molecule has 1 aromatic heterocycles. The highest BCUT2D eigenvalue weighted by Gasteiger charge is 2.37. The van der Waals surface area contributed by atoms with Gasteiger partial charge in [-0.05, 0) is 55.5 Å². The lowest BCUT2D eigenvalue weighted by Gasteiger charge is -2.33. The van der Waals surface area contributed by atoms with E-state index in [0.29, 0.717) is 13.1 Å². The Morgan fingerprint density at radius 2 is 1.84 bits per heavy atom. The van der Waals surface area contributed by atoms with Crippen LogP contribution < -0.4 is 5.32 Å². The number of hydrogen-bond acceptors (Lipinski definition) is 3. The first-order valence-corrected chi connectivity index (χ1v) is 11.3. The van der Waals surface area contributed by atoms with Gasteiger partial charge in [-0.25, -0.2) is 9.37 Å². The molecule has 1 N–H and O–H groups in total. The fourth-order valence-corrected chi connectivity index (χ4v) is 4.55. The van der Waals surface area contributed by atoms with Gasteiger partial charge >= 0.3 is 0 Å². The smallest absolute Gasteiger partial charge is 0.225 e. The molecule has 0 radical (unpaired) electrons. The van der Waals surface area contributed by atoms with E-state index in [1.165, 1.54) is 12.1 Å². The Morgan fingerprint density at radius 1 is 1.06 bits per heavy atom. The van der Waals surface area contributed by atoms with Gasteiger partial charge in [-0.1, -0.05) is 24.3 Å². The number of aromatic nitrogens is 2. The standard InChI is InChI=1S/C25H27FN4O2/c26-20-11-9-17(10-12-20)22(15-30-16-27-21-5-1-2-6-23(21)30)28-24(31)19-4-3-13-29(14-19)25(32)18-7-8-18/h1-2,5-6,9-12,16,18-19,22H,3-4,7-8,13-15H2,(H,28,31). The number of carbonyl (C=O) groups excluding carboxylic acids is 2. The highest BCUT2D eigenvalue weighted by Crippen LogP contribution is 2.32. The van der Waals surface area contributed by atoms with Crippen LogP contribution in [0.2, 0.25) is 0 Å². The third kappa shape index (κ3) is 4.38. The number of likely N-dealkylation sites (tertiary alicyclic amines) is 1. The van der Waals surface area contributed by atoms with E-state index in [9.17, 15) is 14.0 Å². The number of nitrogens with zero attached hydrogens (tertiary/aromatic N) is 3. The van der Waals surface area contributed by atoms with Gasteiger partial charge in [0.25, 0.3) is 0 Å². The van der Waals surface area contributed by atoms with E-state index in [-0.39, 0.29) is 35.5 Å². The fourth-order valence-electron chi connectivity index (χ4n) is 4.55. The van der Waals surface area contributed by atoms with E-state index in [1.807, 2.05) is 33.7 Å². The topological polar surface area (TPSA) is 67.2 Å². The number of carbonyl (C=O) groups is 2. The van der Waals surface area contributed by atoms with Gasteiger partial charge < -0.3 is 14.8 Å². The van der Waals surface area contributed by atoms with E-state index in [4.69, 9.17) is 0 Å². The monoisotopic (exact) mass is 434 g/mol. The maximum atomic E-state index is 13.5. The van der Waals surface area contributed by atoms with Gasteiger partial charge in [-0.2, -0.15) is 0 Å². The zero-order valence-electron chi connectivity index (χ0n) is 17.9. The minimum absolute atomic E-state index is 0.0583. The minimum Gasteiger partial charge on any atom is -0.347 e. The molecule has 3 aromatic rings. The zero-order valence-corrected chi connectivity index (χ0v) is 17.9. The summed E-state index contributed by atoms with van der Waals surface area (Å²) in [6.07, 6.45) is 5.31. The number of halogens is 1. The van der Waals surface area contributed by atoms with Crippen molar-refractivity contribution in [2.45, 2.75) is 38.3 Å². The Bertz CT molecular complexity index is 1120. The van der Waals surface area contributed by atoms with Gasteiger partial charge in [-0.15, -0.1) is 0 Å². The van der Waals surface area contributed by atoms with Crippen LogP contribution in [-0.2, 0) is 16.1 Å². The highest BCUT2D eigenvalue weighted by molar-refractivity contribution is 5.83. The van der Waals surface area contributed by atoms with E-state index < -0.39 is 0 Å². The molecule has 1 saturated carbocycles. The molecule has 0 bridgehead atoms. The van der Waals surface area contributed by atoms with Gasteiger partial charge in [-0.3, -0.25) is 9.59 Å². The van der Waals surface area contributed by atoms with E-state index in [1.54, 1.807) is 18.5 Å². The van der Waals surface area contributed by atoms with Crippen LogP contribution in [-0.4, -0.2) is 39.4 Å². The second-order valence-electron chi connectivity index (χ2n) is 8.90. The van der Waals surface area contributed by atoms with Crippen molar-refractivity contribution in [3.8, 4) is 0 Å². The fraction of sp³-hybridized carbons (Fsp3) is 0.400. The number of amides is 2. The molecule has 2 aromatic carbocycles. The van der Waals surface area contributed by atoms with Gasteiger partial charge in [0, 0.05) is 25.6 Å². The first kappa shape index (κ1) is 20.7. The third-order valence-corrected chi connectivity index (χ3v) is 6.53. The Morgan fingerprint density at radius 3 is 2.62 bits per heavy atom. The van der Waals surface area contributed by atoms with Crippen molar-refractivity contribution in [2.24, 2.45) is 11.8 Å². The lowest BCUT2D eigenvalue weighted by atomic mass is 9.95. The van der Waals surface area contributed by atoms with Crippen LogP contribution in [0, 0.1) is 17.7 Å². The van der Waals surface area contributed by atoms with Gasteiger partial charge in [0.2, 0.25) is 11.8 Å². The molecule has 32 heavy (non-hydrogen) atoms. The number of piperidine rings is 1. The quantitative estimate of drug-likeness (QED) is 0.644. The van der Waals surface area contributed by atoms with Crippen molar-refractivity contribution >= 4 is 22.8 Å². The third-order valence-electron chi connectivity index (χ3n) is 6.53. The second-order valence-corrected chi connectivity index (χ2v) is 8.90. The molecule has 5 rings (SSSR count). The molecule has 2 heterocycles. The summed E-state index contributed by atoms with van der Waals surface area (Å²) in [5, 5.41) is 3.18. The van der Waals surface area contributed by atoms with E-state index in [2.05, 4.69) is 10.3 Å². The van der Waals surface area contributed by atoms with Crippen molar-refractivity contribution < 1.29 is 14.0 Å². The van der Waals surface area contributed by atoms with E-state index in [0.717, 1.165) is 48.8 Å². The van der Waals surface area contributed by atoms with Gasteiger partial charge in [0.05, 0.1) is 29.3 Å². The first-order chi connectivity index (χ1) is 15.6. The number of para-hydroxylation sites is 2. The molecule has 2 aliphatic rings. The van der Waals surface area contributed by atoms with Crippen molar-refractivity contribution in [1.29, 1.82) is 0 Å². The molecule has 2 amide bonds. The molecule has 166 valence electrons. The molecule has 2 unspecified atom stereocenters. The number of nitrogens with one attached hydrogen (secondary N) is 1. The number of rotatable bonds is 6. The van der Waals surface area contributed by atoms with Crippen molar-refractivity contribution in [1.82, 2.24) is 19.8 Å². The highest BCUT2D eigenvalue weighted by atomic mass is 19.1. The van der Waals surface area contributed by atoms with Gasteiger partial charge in [0.15, 0.2) is 0 Å². The number of benzene rings is 2. The first-order valence-electron chi connectivity index (χ1n) is 11.3. The molecule has 1 aliphatic carbocycles. The minimum atomic E-state index is -0.338.